The van der Waals surface area contributed by atoms with E-state index < -0.39 is 147 Å². The van der Waals surface area contributed by atoms with Crippen molar-refractivity contribution < 1.29 is 83.5 Å². The number of sulfonamides is 2. The van der Waals surface area contributed by atoms with Crippen molar-refractivity contribution in [3.05, 3.63) is 148 Å². The summed E-state index contributed by atoms with van der Waals surface area (Å²) in [4.78, 5) is 34.4. The van der Waals surface area contributed by atoms with E-state index in [1.54, 1.807) is 0 Å². The van der Waals surface area contributed by atoms with Crippen molar-refractivity contribution >= 4 is 43.2 Å². The molecule has 394 valence electrons. The summed E-state index contributed by atoms with van der Waals surface area (Å²) in [6, 6.07) is 9.95. The van der Waals surface area contributed by atoms with E-state index in [9.17, 15) is 83.5 Å². The van der Waals surface area contributed by atoms with Crippen molar-refractivity contribution in [2.24, 2.45) is 0 Å². The number of carbonyl (C=O) groups excluding carboxylic acids is 2. The van der Waals surface area contributed by atoms with Gasteiger partial charge < -0.3 is 10.6 Å². The number of amides is 2. The van der Waals surface area contributed by atoms with Crippen molar-refractivity contribution in [2.45, 2.75) is 72.5 Å². The molecule has 29 heteroatoms. The van der Waals surface area contributed by atoms with Gasteiger partial charge in [-0.25, -0.2) is 62.5 Å². The van der Waals surface area contributed by atoms with Crippen LogP contribution in [0.25, 0.3) is 21.6 Å². The summed E-state index contributed by atoms with van der Waals surface area (Å²) in [6.07, 6.45) is -11.3. The van der Waals surface area contributed by atoms with Crippen LogP contribution in [0.4, 0.5) is 57.1 Å². The molecule has 0 spiro atoms. The van der Waals surface area contributed by atoms with Crippen molar-refractivity contribution in [3.63, 3.8) is 0 Å². The molecule has 4 atom stereocenters. The Kier molecular flexibility index (Phi) is 16.2. The normalized spacial score (nSPS) is 18.7. The maximum atomic E-state index is 14.4. The van der Waals surface area contributed by atoms with E-state index in [0.29, 0.717) is 20.2 Å². The van der Waals surface area contributed by atoms with Gasteiger partial charge in [0.1, 0.15) is 41.9 Å². The van der Waals surface area contributed by atoms with Crippen molar-refractivity contribution in [3.8, 4) is 21.6 Å². The highest BCUT2D eigenvalue weighted by molar-refractivity contribution is 7.89. The van der Waals surface area contributed by atoms with Crippen LogP contribution in [0.1, 0.15) is 34.8 Å². The number of halogens is 13. The van der Waals surface area contributed by atoms with Gasteiger partial charge >= 0.3 is 12.4 Å². The lowest BCUT2D eigenvalue weighted by molar-refractivity contribution is -0.145. The van der Waals surface area contributed by atoms with Gasteiger partial charge in [0, 0.05) is 74.3 Å². The molecule has 13 nitrogen and oxygen atoms in total. The van der Waals surface area contributed by atoms with Crippen LogP contribution in [0.5, 0.6) is 0 Å². The van der Waals surface area contributed by atoms with Crippen LogP contribution < -0.4 is 10.6 Å². The predicted octanol–water partition coefficient (Wildman–Crippen LogP) is 8.52. The lowest BCUT2D eigenvalue weighted by Crippen LogP contribution is -2.45. The third-order valence-electron chi connectivity index (χ3n) is 11.2. The number of aromatic nitrogens is 3. The smallest absolute Gasteiger partial charge is 0.351 e. The van der Waals surface area contributed by atoms with Gasteiger partial charge in [0.2, 0.25) is 37.7 Å². The first-order valence-electron chi connectivity index (χ1n) is 21.2. The maximum Gasteiger partial charge on any atom is 0.451 e. The zero-order valence-electron chi connectivity index (χ0n) is 37.1. The lowest BCUT2D eigenvalue weighted by Gasteiger charge is -2.23. The first-order valence-corrected chi connectivity index (χ1v) is 24.9. The van der Waals surface area contributed by atoms with Gasteiger partial charge in [-0.3, -0.25) is 9.59 Å². The van der Waals surface area contributed by atoms with Crippen molar-refractivity contribution in [2.75, 3.05) is 13.1 Å². The van der Waals surface area contributed by atoms with Gasteiger partial charge in [-0.05, 0) is 83.9 Å². The fourth-order valence-corrected chi connectivity index (χ4v) is 11.6. The molecule has 2 N–H and O–H groups in total. The second-order valence-electron chi connectivity index (χ2n) is 16.3. The summed E-state index contributed by atoms with van der Waals surface area (Å²) >= 11 is 0.261. The molecule has 2 saturated heterocycles. The number of carbonyl (C=O) groups is 2. The van der Waals surface area contributed by atoms with Gasteiger partial charge in [0.05, 0.1) is 14.7 Å². The van der Waals surface area contributed by atoms with E-state index in [1.807, 2.05) is 0 Å². The van der Waals surface area contributed by atoms with Crippen LogP contribution in [0.15, 0.2) is 107 Å². The minimum absolute atomic E-state index is 0.0689. The minimum atomic E-state index is -4.81. The third-order valence-corrected chi connectivity index (χ3v) is 16.0. The molecular formula is C45H34F13N7O6S3. The fourth-order valence-electron chi connectivity index (χ4n) is 7.58. The molecule has 0 unspecified atom stereocenters. The molecule has 2 aromatic heterocycles. The molecule has 0 bridgehead atoms. The van der Waals surface area contributed by atoms with E-state index in [2.05, 4.69) is 25.6 Å². The molecule has 74 heavy (non-hydrogen) atoms. The Hall–Kier alpha value is -6.56. The highest BCUT2D eigenvalue weighted by Gasteiger charge is 2.46. The zero-order chi connectivity index (χ0) is 54.1. The van der Waals surface area contributed by atoms with Crippen LogP contribution in [-0.2, 0) is 55.1 Å². The predicted molar refractivity (Wildman–Crippen MR) is 236 cm³/mol. The van der Waals surface area contributed by atoms with E-state index in [0.717, 1.165) is 79.3 Å². The Labute approximate surface area is 415 Å². The second kappa shape index (κ2) is 21.7. The molecule has 0 saturated carbocycles. The summed E-state index contributed by atoms with van der Waals surface area (Å²) in [6.45, 7) is -2.10. The maximum absolute atomic E-state index is 14.4. The number of alkyl halides is 8. The van der Waals surface area contributed by atoms with Crippen molar-refractivity contribution in [1.82, 2.24) is 34.2 Å². The molecule has 0 aliphatic carbocycles. The van der Waals surface area contributed by atoms with E-state index in [1.165, 1.54) is 12.1 Å². The van der Waals surface area contributed by atoms with Crippen LogP contribution in [-0.4, -0.2) is 89.7 Å². The zero-order valence-corrected chi connectivity index (χ0v) is 39.6. The van der Waals surface area contributed by atoms with Crippen LogP contribution in [0, 0.1) is 29.1 Å². The first kappa shape index (κ1) is 55.2. The quantitative estimate of drug-likeness (QED) is 0.114. The Morgan fingerprint density at radius 2 is 1.11 bits per heavy atom. The van der Waals surface area contributed by atoms with Gasteiger partial charge in [0.25, 0.3) is 0 Å². The Bertz CT molecular complexity index is 3260. The highest BCUT2D eigenvalue weighted by Crippen LogP contribution is 2.38. The first-order chi connectivity index (χ1) is 34.6. The van der Waals surface area contributed by atoms with Gasteiger partial charge in [-0.15, -0.1) is 11.3 Å². The van der Waals surface area contributed by atoms with Gasteiger partial charge in [-0.1, -0.05) is 6.07 Å². The Balaban J connectivity index is 0.000000217. The summed E-state index contributed by atoms with van der Waals surface area (Å²) < 4.78 is 227. The van der Waals surface area contributed by atoms with Crippen LogP contribution in [0.3, 0.4) is 0 Å². The summed E-state index contributed by atoms with van der Waals surface area (Å²) in [5.41, 5.74) is -0.426. The Morgan fingerprint density at radius 3 is 1.58 bits per heavy atom. The minimum Gasteiger partial charge on any atom is -0.351 e. The number of nitrogens with zero attached hydrogens (tertiary/aromatic N) is 5. The molecule has 6 aromatic rings. The molecular weight excluding hydrogens is 1080 g/mol. The fraction of sp³-hybridized carbons (Fsp3) is 0.267. The number of rotatable bonds is 12. The molecule has 4 heterocycles. The van der Waals surface area contributed by atoms with Crippen LogP contribution in [0.2, 0.25) is 0 Å². The molecule has 0 radical (unpaired) electrons. The largest absolute Gasteiger partial charge is 0.451 e. The number of thiazole rings is 1. The SMILES string of the molecule is O=C(NCc1cc(-c2cnc(C(F)(F)F)nc2)cc(F)c1F)[C@@H]1C[C@@H](F)CN1S(=O)(=O)c1ccc(F)cc1.O=C(NCc1ccc(F)c(-c2cnc(C(F)(F)F)s2)c1)[C@@H]1C[C@@H](F)CN1S(=O)(=O)c1ccc(F)cc1. The third kappa shape index (κ3) is 12.5. The van der Waals surface area contributed by atoms with E-state index in [-0.39, 0.29) is 49.2 Å². The molecule has 2 fully saturated rings. The number of hydrogen-bond acceptors (Lipinski definition) is 10. The molecule has 2 aliphatic heterocycles. The second-order valence-corrected chi connectivity index (χ2v) is 21.1. The monoisotopic (exact) mass is 1110 g/mol. The molecule has 2 aliphatic rings. The van der Waals surface area contributed by atoms with Crippen LogP contribution >= 0.6 is 11.3 Å². The summed E-state index contributed by atoms with van der Waals surface area (Å²) in [5.74, 6) is -8.16. The average Bonchev–Trinajstić information content (AvgIpc) is 4.11. The van der Waals surface area contributed by atoms with E-state index in [4.69, 9.17) is 0 Å². The highest BCUT2D eigenvalue weighted by atomic mass is 32.2. The van der Waals surface area contributed by atoms with Gasteiger partial charge in [0.15, 0.2) is 16.6 Å². The number of hydrogen-bond donors (Lipinski definition) is 2. The average molecular weight is 1110 g/mol. The standard InChI is InChI=1S/C23H17F7N4O3S.C22H17F6N3O3S2/c24-15-1-3-17(4-2-15)38(36,37)34-11-16(25)7-19(34)21(35)31-8-13-5-12(6-18(26)20(13)27)14-9-32-22(33-10-14)23(28,29)30;23-13-2-4-15(5-3-13)36(33,34)31-11-14(24)8-18(31)20(32)29-9-12-1-6-17(25)16(7-12)19-10-30-21(35-19)22(26,27)28/h1-6,9-10,16,19H,7-8,11H2,(H,31,35);1-7,10,14,18H,8-9,11H2,(H,29,32)/t16-,19+;14-,18+/m11/s1. The van der Waals surface area contributed by atoms with E-state index >= 15 is 0 Å². The molecule has 8 rings (SSSR count). The lowest BCUT2D eigenvalue weighted by atomic mass is 10.0. The summed E-state index contributed by atoms with van der Waals surface area (Å²) in [7, 11) is -8.70. The molecule has 4 aromatic carbocycles. The molecule has 2 amide bonds. The van der Waals surface area contributed by atoms with Crippen molar-refractivity contribution in [1.29, 1.82) is 0 Å². The Morgan fingerprint density at radius 1 is 0.608 bits per heavy atom. The van der Waals surface area contributed by atoms with Gasteiger partial charge in [-0.2, -0.15) is 35.0 Å². The summed E-state index contributed by atoms with van der Waals surface area (Å²) in [5, 5.41) is 3.57. The number of nitrogens with one attached hydrogen (secondary N) is 2. The number of benzene rings is 4. The topological polar surface area (TPSA) is 172 Å².